The first kappa shape index (κ1) is 12.6. The molecular formula is C8H17NO3S. The summed E-state index contributed by atoms with van der Waals surface area (Å²) in [4.78, 5) is 11.3. The first-order valence-electron chi connectivity index (χ1n) is 4.04. The maximum Gasteiger partial charge on any atom is 0.259 e. The standard InChI is InChI=1S/C8H17NO3S/c1-8(2,3)7(11)9-13(4,12)6-5-10/h10H,5-6H2,1-4H3. The third-order valence-electron chi connectivity index (χ3n) is 1.39. The van der Waals surface area contributed by atoms with Crippen molar-refractivity contribution in [2.75, 3.05) is 18.6 Å². The predicted octanol–water partition coefficient (Wildman–Crippen LogP) is 0.649. The van der Waals surface area contributed by atoms with E-state index >= 15 is 0 Å². The van der Waals surface area contributed by atoms with Crippen molar-refractivity contribution in [2.45, 2.75) is 20.8 Å². The molecule has 0 aromatic rings. The summed E-state index contributed by atoms with van der Waals surface area (Å²) < 4.78 is 15.1. The highest BCUT2D eigenvalue weighted by Crippen LogP contribution is 2.16. The molecule has 0 aliphatic rings. The number of hydrogen-bond donors (Lipinski definition) is 1. The van der Waals surface area contributed by atoms with Crippen molar-refractivity contribution >= 4 is 15.6 Å². The van der Waals surface area contributed by atoms with Crippen LogP contribution >= 0.6 is 0 Å². The van der Waals surface area contributed by atoms with E-state index in [4.69, 9.17) is 5.11 Å². The van der Waals surface area contributed by atoms with E-state index in [2.05, 4.69) is 4.36 Å². The molecule has 1 unspecified atom stereocenters. The quantitative estimate of drug-likeness (QED) is 0.723. The lowest BCUT2D eigenvalue weighted by molar-refractivity contribution is -0.124. The summed E-state index contributed by atoms with van der Waals surface area (Å²) in [5.74, 6) is -0.331. The first-order chi connectivity index (χ1) is 5.69. The molecule has 0 rings (SSSR count). The van der Waals surface area contributed by atoms with Gasteiger partial charge in [0.15, 0.2) is 0 Å². The van der Waals surface area contributed by atoms with Crippen LogP contribution in [0.2, 0.25) is 0 Å². The van der Waals surface area contributed by atoms with Crippen molar-refractivity contribution in [3.63, 3.8) is 0 Å². The van der Waals surface area contributed by atoms with Crippen LogP contribution in [-0.2, 0) is 14.5 Å². The SMILES string of the molecule is CC(C)(C)C(=O)N=S(C)(=O)CCO. The minimum Gasteiger partial charge on any atom is -0.395 e. The largest absolute Gasteiger partial charge is 0.395 e. The van der Waals surface area contributed by atoms with Gasteiger partial charge in [0.1, 0.15) is 0 Å². The number of amides is 1. The van der Waals surface area contributed by atoms with Crippen LogP contribution in [-0.4, -0.2) is 33.8 Å². The van der Waals surface area contributed by atoms with E-state index in [9.17, 15) is 9.00 Å². The Hall–Kier alpha value is -0.420. The maximum absolute atomic E-state index is 11.5. The summed E-state index contributed by atoms with van der Waals surface area (Å²) in [5, 5.41) is 8.57. The number of aliphatic hydroxyl groups excluding tert-OH is 1. The van der Waals surface area contributed by atoms with E-state index in [1.165, 1.54) is 6.26 Å². The predicted molar refractivity (Wildman–Crippen MR) is 52.9 cm³/mol. The molecule has 0 bridgehead atoms. The normalized spacial score (nSPS) is 16.4. The van der Waals surface area contributed by atoms with Crippen LogP contribution < -0.4 is 0 Å². The fraction of sp³-hybridized carbons (Fsp3) is 0.875. The lowest BCUT2D eigenvalue weighted by Gasteiger charge is -2.13. The van der Waals surface area contributed by atoms with E-state index in [0.717, 1.165) is 0 Å². The monoisotopic (exact) mass is 207 g/mol. The molecule has 1 atom stereocenters. The van der Waals surface area contributed by atoms with Crippen LogP contribution in [0.25, 0.3) is 0 Å². The van der Waals surface area contributed by atoms with Gasteiger partial charge in [-0.05, 0) is 0 Å². The Balaban J connectivity index is 4.76. The molecule has 0 aliphatic carbocycles. The van der Waals surface area contributed by atoms with E-state index in [1.54, 1.807) is 20.8 Å². The highest BCUT2D eigenvalue weighted by molar-refractivity contribution is 7.93. The molecule has 0 fully saturated rings. The number of carbonyl (C=O) groups is 1. The molecule has 0 heterocycles. The van der Waals surface area contributed by atoms with Crippen LogP contribution in [0.5, 0.6) is 0 Å². The van der Waals surface area contributed by atoms with Gasteiger partial charge >= 0.3 is 0 Å². The van der Waals surface area contributed by atoms with E-state index in [0.29, 0.717) is 0 Å². The van der Waals surface area contributed by atoms with Gasteiger partial charge in [-0.2, -0.15) is 4.36 Å². The Labute approximate surface area is 79.5 Å². The second-order valence-electron chi connectivity index (χ2n) is 4.03. The average Bonchev–Trinajstić information content (AvgIpc) is 1.83. The summed E-state index contributed by atoms with van der Waals surface area (Å²) in [6.45, 7) is 4.93. The molecule has 0 saturated carbocycles. The molecular weight excluding hydrogens is 190 g/mol. The molecule has 5 heteroatoms. The fourth-order valence-corrected chi connectivity index (χ4v) is 1.58. The summed E-state index contributed by atoms with van der Waals surface area (Å²) in [5.41, 5.74) is -0.603. The van der Waals surface area contributed by atoms with Crippen LogP contribution in [0.3, 0.4) is 0 Å². The van der Waals surface area contributed by atoms with Gasteiger partial charge in [0.2, 0.25) is 0 Å². The van der Waals surface area contributed by atoms with Gasteiger partial charge in [-0.25, -0.2) is 4.21 Å². The lowest BCUT2D eigenvalue weighted by Crippen LogP contribution is -2.20. The molecule has 4 nitrogen and oxygen atoms in total. The number of rotatable bonds is 2. The minimum atomic E-state index is -2.54. The molecule has 1 amide bonds. The zero-order valence-corrected chi connectivity index (χ0v) is 9.35. The van der Waals surface area contributed by atoms with Crippen molar-refractivity contribution in [1.82, 2.24) is 0 Å². The number of hydrogen-bond acceptors (Lipinski definition) is 3. The van der Waals surface area contributed by atoms with Crippen molar-refractivity contribution in [3.05, 3.63) is 0 Å². The third-order valence-corrected chi connectivity index (χ3v) is 2.88. The second kappa shape index (κ2) is 4.19. The zero-order chi connectivity index (χ0) is 10.7. The summed E-state index contributed by atoms with van der Waals surface area (Å²) in [6, 6.07) is 0. The van der Waals surface area contributed by atoms with E-state index in [1.807, 2.05) is 0 Å². The smallest absolute Gasteiger partial charge is 0.259 e. The van der Waals surface area contributed by atoms with Crippen molar-refractivity contribution in [3.8, 4) is 0 Å². The Kier molecular flexibility index (Phi) is 4.06. The molecule has 13 heavy (non-hydrogen) atoms. The maximum atomic E-state index is 11.5. The van der Waals surface area contributed by atoms with E-state index in [-0.39, 0.29) is 18.3 Å². The molecule has 0 saturated heterocycles. The summed E-state index contributed by atoms with van der Waals surface area (Å²) in [7, 11) is -2.54. The first-order valence-corrected chi connectivity index (χ1v) is 6.13. The topological polar surface area (TPSA) is 66.7 Å². The second-order valence-corrected chi connectivity index (χ2v) is 6.54. The van der Waals surface area contributed by atoms with Gasteiger partial charge in [0.05, 0.1) is 22.1 Å². The number of nitrogens with zero attached hydrogens (tertiary/aromatic N) is 1. The van der Waals surface area contributed by atoms with Gasteiger partial charge in [-0.1, -0.05) is 20.8 Å². The Morgan fingerprint density at radius 2 is 1.92 bits per heavy atom. The Morgan fingerprint density at radius 3 is 2.23 bits per heavy atom. The van der Waals surface area contributed by atoms with Crippen LogP contribution in [0.4, 0.5) is 0 Å². The third kappa shape index (κ3) is 5.00. The summed E-state index contributed by atoms with van der Waals surface area (Å²) in [6.07, 6.45) is 1.38. The average molecular weight is 207 g/mol. The Bertz CT molecular complexity index is 295. The number of aliphatic hydroxyl groups is 1. The molecule has 0 radical (unpaired) electrons. The lowest BCUT2D eigenvalue weighted by atomic mass is 9.96. The molecule has 0 aliphatic heterocycles. The van der Waals surface area contributed by atoms with Gasteiger partial charge in [-0.15, -0.1) is 0 Å². The van der Waals surface area contributed by atoms with Gasteiger partial charge < -0.3 is 5.11 Å². The minimum absolute atomic E-state index is 0.0504. The summed E-state index contributed by atoms with van der Waals surface area (Å²) >= 11 is 0. The molecule has 1 N–H and O–H groups in total. The van der Waals surface area contributed by atoms with Crippen LogP contribution in [0.1, 0.15) is 20.8 Å². The van der Waals surface area contributed by atoms with Gasteiger partial charge in [0.25, 0.3) is 5.91 Å². The van der Waals surface area contributed by atoms with Gasteiger partial charge in [-0.3, -0.25) is 4.79 Å². The molecule has 0 aromatic heterocycles. The molecule has 78 valence electrons. The van der Waals surface area contributed by atoms with Crippen molar-refractivity contribution in [2.24, 2.45) is 9.78 Å². The highest BCUT2D eigenvalue weighted by Gasteiger charge is 2.22. The zero-order valence-electron chi connectivity index (χ0n) is 8.53. The van der Waals surface area contributed by atoms with E-state index < -0.39 is 15.1 Å². The molecule has 0 aromatic carbocycles. The fourth-order valence-electron chi connectivity index (χ4n) is 0.527. The van der Waals surface area contributed by atoms with Gasteiger partial charge in [0, 0.05) is 11.7 Å². The Morgan fingerprint density at radius 1 is 1.46 bits per heavy atom. The van der Waals surface area contributed by atoms with Crippen molar-refractivity contribution in [1.29, 1.82) is 0 Å². The number of carbonyl (C=O) groups excluding carboxylic acids is 1. The van der Waals surface area contributed by atoms with Crippen molar-refractivity contribution < 1.29 is 14.1 Å². The van der Waals surface area contributed by atoms with Crippen LogP contribution in [0.15, 0.2) is 4.36 Å². The van der Waals surface area contributed by atoms with Crippen LogP contribution in [0, 0.1) is 5.41 Å². The molecule has 0 spiro atoms. The highest BCUT2D eigenvalue weighted by atomic mass is 32.2.